The van der Waals surface area contributed by atoms with Crippen molar-refractivity contribution >= 4 is 5.96 Å². The smallest absolute Gasteiger partial charge is 0.191 e. The number of para-hydroxylation sites is 1. The van der Waals surface area contributed by atoms with Gasteiger partial charge in [0.15, 0.2) is 5.96 Å². The summed E-state index contributed by atoms with van der Waals surface area (Å²) in [5.41, 5.74) is 6.96. The summed E-state index contributed by atoms with van der Waals surface area (Å²) in [7, 11) is 1.80. The van der Waals surface area contributed by atoms with Crippen LogP contribution in [0, 0.1) is 13.8 Å². The van der Waals surface area contributed by atoms with Gasteiger partial charge in [-0.3, -0.25) is 9.89 Å². The summed E-state index contributed by atoms with van der Waals surface area (Å²) in [5, 5.41) is 11.5. The molecule has 1 fully saturated rings. The largest absolute Gasteiger partial charge is 0.379 e. The Labute approximate surface area is 196 Å². The number of nitrogens with one attached hydrogen (secondary N) is 2. The van der Waals surface area contributed by atoms with Crippen molar-refractivity contribution in [3.05, 3.63) is 82.7 Å². The van der Waals surface area contributed by atoms with Gasteiger partial charge in [0, 0.05) is 45.5 Å². The molecule has 3 aromatic rings. The molecule has 0 radical (unpaired) electrons. The monoisotopic (exact) mass is 446 g/mol. The van der Waals surface area contributed by atoms with Gasteiger partial charge in [0.2, 0.25) is 0 Å². The van der Waals surface area contributed by atoms with Crippen LogP contribution in [0.5, 0.6) is 0 Å². The first-order valence-electron chi connectivity index (χ1n) is 11.6. The molecule has 7 nitrogen and oxygen atoms in total. The Balaban J connectivity index is 1.31. The molecule has 0 saturated carbocycles. The van der Waals surface area contributed by atoms with E-state index in [1.165, 1.54) is 16.7 Å². The quantitative estimate of drug-likeness (QED) is 0.431. The second-order valence-electron chi connectivity index (χ2n) is 8.45. The zero-order valence-electron chi connectivity index (χ0n) is 19.8. The number of ether oxygens (including phenoxy) is 1. The number of rotatable bonds is 7. The third-order valence-electron chi connectivity index (χ3n) is 5.89. The Bertz CT molecular complexity index is 1070. The van der Waals surface area contributed by atoms with Crippen LogP contribution in [0.1, 0.15) is 28.1 Å². The zero-order chi connectivity index (χ0) is 23.0. The first-order chi connectivity index (χ1) is 16.1. The number of hydrogen-bond donors (Lipinski definition) is 2. The molecule has 4 rings (SSSR count). The molecule has 1 aliphatic heterocycles. The minimum Gasteiger partial charge on any atom is -0.379 e. The van der Waals surface area contributed by atoms with Gasteiger partial charge in [-0.25, -0.2) is 4.68 Å². The van der Waals surface area contributed by atoms with Crippen molar-refractivity contribution in [3.8, 4) is 5.69 Å². The van der Waals surface area contributed by atoms with Crippen LogP contribution >= 0.6 is 0 Å². The number of aryl methyl sites for hydroxylation is 2. The highest BCUT2D eigenvalue weighted by molar-refractivity contribution is 5.79. The zero-order valence-corrected chi connectivity index (χ0v) is 19.8. The second-order valence-corrected chi connectivity index (χ2v) is 8.45. The molecule has 174 valence electrons. The van der Waals surface area contributed by atoms with Crippen molar-refractivity contribution in [2.24, 2.45) is 4.99 Å². The first kappa shape index (κ1) is 23.0. The van der Waals surface area contributed by atoms with Crippen LogP contribution in [-0.2, 0) is 24.4 Å². The number of benzene rings is 2. The maximum absolute atomic E-state index is 5.43. The minimum atomic E-state index is 0.659. The van der Waals surface area contributed by atoms with E-state index < -0.39 is 0 Å². The number of hydrogen-bond acceptors (Lipinski definition) is 4. The number of guanidine groups is 1. The van der Waals surface area contributed by atoms with E-state index in [4.69, 9.17) is 4.74 Å². The number of nitrogens with zero attached hydrogens (tertiary/aromatic N) is 4. The van der Waals surface area contributed by atoms with E-state index in [9.17, 15) is 0 Å². The second kappa shape index (κ2) is 11.1. The van der Waals surface area contributed by atoms with Crippen molar-refractivity contribution in [2.45, 2.75) is 33.5 Å². The molecule has 1 aliphatic rings. The number of aliphatic imine (C=N–C) groups is 1. The lowest BCUT2D eigenvalue weighted by Crippen LogP contribution is -2.36. The highest BCUT2D eigenvalue weighted by Gasteiger charge is 2.11. The van der Waals surface area contributed by atoms with Crippen molar-refractivity contribution in [3.63, 3.8) is 0 Å². The summed E-state index contributed by atoms with van der Waals surface area (Å²) in [6.45, 7) is 10.1. The molecule has 33 heavy (non-hydrogen) atoms. The number of morpholine rings is 1. The van der Waals surface area contributed by atoms with E-state index in [2.05, 4.69) is 81.1 Å². The fourth-order valence-corrected chi connectivity index (χ4v) is 4.11. The predicted octanol–water partition coefficient (Wildman–Crippen LogP) is 3.19. The summed E-state index contributed by atoms with van der Waals surface area (Å²) >= 11 is 0. The molecule has 0 bridgehead atoms. The van der Waals surface area contributed by atoms with Crippen LogP contribution in [0.4, 0.5) is 0 Å². The maximum Gasteiger partial charge on any atom is 0.191 e. The summed E-state index contributed by atoms with van der Waals surface area (Å²) in [4.78, 5) is 6.83. The minimum absolute atomic E-state index is 0.659. The summed E-state index contributed by atoms with van der Waals surface area (Å²) in [6.07, 6.45) is 0. The van der Waals surface area contributed by atoms with E-state index >= 15 is 0 Å². The molecule has 0 amide bonds. The Hall–Kier alpha value is -3.16. The van der Waals surface area contributed by atoms with Crippen molar-refractivity contribution in [2.75, 3.05) is 33.4 Å². The molecule has 1 aromatic heterocycles. The van der Waals surface area contributed by atoms with Crippen LogP contribution < -0.4 is 10.6 Å². The molecule has 1 saturated heterocycles. The topological polar surface area (TPSA) is 66.7 Å². The van der Waals surface area contributed by atoms with Gasteiger partial charge in [-0.05, 0) is 42.7 Å². The van der Waals surface area contributed by atoms with Gasteiger partial charge in [0.05, 0.1) is 24.6 Å². The summed E-state index contributed by atoms with van der Waals surface area (Å²) in [6, 6.07) is 19.2. The molecule has 0 unspecified atom stereocenters. The third kappa shape index (κ3) is 6.21. The van der Waals surface area contributed by atoms with E-state index in [0.717, 1.165) is 62.4 Å². The highest BCUT2D eigenvalue weighted by Crippen LogP contribution is 2.17. The Morgan fingerprint density at radius 2 is 1.67 bits per heavy atom. The average molecular weight is 447 g/mol. The average Bonchev–Trinajstić information content (AvgIpc) is 3.18. The molecule has 0 spiro atoms. The van der Waals surface area contributed by atoms with Gasteiger partial charge in [-0.2, -0.15) is 5.10 Å². The first-order valence-corrected chi connectivity index (χ1v) is 11.6. The Kier molecular flexibility index (Phi) is 7.75. The molecule has 2 N–H and O–H groups in total. The molecular weight excluding hydrogens is 412 g/mol. The van der Waals surface area contributed by atoms with E-state index in [1.807, 2.05) is 17.7 Å². The van der Waals surface area contributed by atoms with Crippen LogP contribution in [0.2, 0.25) is 0 Å². The fraction of sp³-hybridized carbons (Fsp3) is 0.385. The lowest BCUT2D eigenvalue weighted by atomic mass is 10.1. The summed E-state index contributed by atoms with van der Waals surface area (Å²) < 4.78 is 7.43. The van der Waals surface area contributed by atoms with Crippen LogP contribution in [0.15, 0.2) is 59.6 Å². The van der Waals surface area contributed by atoms with Crippen molar-refractivity contribution in [1.29, 1.82) is 0 Å². The van der Waals surface area contributed by atoms with Gasteiger partial charge in [0.1, 0.15) is 0 Å². The standard InChI is InChI=1S/C26H34N6O/c1-20-16-21(2)32(30-20)25-7-5-4-6-24(25)18-29-26(27-3)28-17-22-8-10-23(11-9-22)19-31-12-14-33-15-13-31/h4-11,16H,12-15,17-19H2,1-3H3,(H2,27,28,29). The SMILES string of the molecule is CN=C(NCc1ccc(CN2CCOCC2)cc1)NCc1ccccc1-n1nc(C)cc1C. The fourth-order valence-electron chi connectivity index (χ4n) is 4.11. The molecule has 2 aromatic carbocycles. The van der Waals surface area contributed by atoms with Gasteiger partial charge < -0.3 is 15.4 Å². The third-order valence-corrected chi connectivity index (χ3v) is 5.89. The molecule has 7 heteroatoms. The summed E-state index contributed by atoms with van der Waals surface area (Å²) in [5.74, 6) is 0.774. The van der Waals surface area contributed by atoms with E-state index in [1.54, 1.807) is 7.05 Å². The van der Waals surface area contributed by atoms with Crippen LogP contribution in [0.25, 0.3) is 5.69 Å². The van der Waals surface area contributed by atoms with Gasteiger partial charge in [0.25, 0.3) is 0 Å². The normalized spacial score (nSPS) is 14.9. The van der Waals surface area contributed by atoms with Gasteiger partial charge in [-0.1, -0.05) is 42.5 Å². The van der Waals surface area contributed by atoms with Crippen LogP contribution in [0.3, 0.4) is 0 Å². The molecule has 0 atom stereocenters. The lowest BCUT2D eigenvalue weighted by molar-refractivity contribution is 0.0342. The van der Waals surface area contributed by atoms with E-state index in [-0.39, 0.29) is 0 Å². The van der Waals surface area contributed by atoms with E-state index in [0.29, 0.717) is 6.54 Å². The van der Waals surface area contributed by atoms with Gasteiger partial charge in [-0.15, -0.1) is 0 Å². The maximum atomic E-state index is 5.43. The Morgan fingerprint density at radius 3 is 2.36 bits per heavy atom. The van der Waals surface area contributed by atoms with Gasteiger partial charge >= 0.3 is 0 Å². The highest BCUT2D eigenvalue weighted by atomic mass is 16.5. The Morgan fingerprint density at radius 1 is 0.970 bits per heavy atom. The molecule has 0 aliphatic carbocycles. The molecule has 2 heterocycles. The lowest BCUT2D eigenvalue weighted by Gasteiger charge is -2.26. The van der Waals surface area contributed by atoms with Crippen molar-refractivity contribution in [1.82, 2.24) is 25.3 Å². The predicted molar refractivity (Wildman–Crippen MR) is 133 cm³/mol. The number of aromatic nitrogens is 2. The van der Waals surface area contributed by atoms with Crippen molar-refractivity contribution < 1.29 is 4.74 Å². The van der Waals surface area contributed by atoms with Crippen LogP contribution in [-0.4, -0.2) is 54.0 Å². The molecular formula is C26H34N6O.